The van der Waals surface area contributed by atoms with Gasteiger partial charge in [0.1, 0.15) is 0 Å². The molecule has 0 spiro atoms. The monoisotopic (exact) mass is 714 g/mol. The van der Waals surface area contributed by atoms with E-state index in [4.69, 9.17) is 10.2 Å². The van der Waals surface area contributed by atoms with E-state index in [0.717, 1.165) is 93.0 Å². The highest BCUT2D eigenvalue weighted by Gasteiger charge is 2.36. The van der Waals surface area contributed by atoms with Crippen molar-refractivity contribution in [2.75, 3.05) is 49.1 Å². The Bertz CT molecular complexity index is 1960. The molecule has 274 valence electrons. The Morgan fingerprint density at radius 3 is 2.37 bits per heavy atom. The van der Waals surface area contributed by atoms with Gasteiger partial charge in [0.05, 0.1) is 18.8 Å². The van der Waals surface area contributed by atoms with Gasteiger partial charge in [0.25, 0.3) is 6.43 Å². The van der Waals surface area contributed by atoms with Gasteiger partial charge in [0.15, 0.2) is 17.3 Å². The number of aryl methyl sites for hydroxylation is 2. The van der Waals surface area contributed by atoms with Crippen molar-refractivity contribution in [3.05, 3.63) is 64.7 Å². The number of carbonyl (C=O) groups excluding carboxylic acids is 1. The number of hydrogen-bond donors (Lipinski definition) is 1. The summed E-state index contributed by atoms with van der Waals surface area (Å²) in [5.74, 6) is 0.426. The predicted molar refractivity (Wildman–Crippen MR) is 190 cm³/mol. The predicted octanol–water partition coefficient (Wildman–Crippen LogP) is 5.00. The molecule has 1 saturated heterocycles. The van der Waals surface area contributed by atoms with Crippen molar-refractivity contribution in [3.8, 4) is 11.1 Å². The highest BCUT2D eigenvalue weighted by molar-refractivity contribution is 5.85. The topological polar surface area (TPSA) is 129 Å². The van der Waals surface area contributed by atoms with Crippen molar-refractivity contribution in [1.29, 1.82) is 0 Å². The molecule has 3 aromatic heterocycles. The maximum absolute atomic E-state index is 14.6. The average Bonchev–Trinajstić information content (AvgIpc) is 3.77. The van der Waals surface area contributed by atoms with Crippen LogP contribution in [0.5, 0.6) is 0 Å². The molecule has 2 fully saturated rings. The summed E-state index contributed by atoms with van der Waals surface area (Å²) >= 11 is 0. The van der Waals surface area contributed by atoms with Crippen LogP contribution in [0, 0.1) is 0 Å². The number of amides is 1. The van der Waals surface area contributed by atoms with Crippen molar-refractivity contribution < 1.29 is 23.5 Å². The van der Waals surface area contributed by atoms with E-state index in [2.05, 4.69) is 34.7 Å². The lowest BCUT2D eigenvalue weighted by atomic mass is 9.89. The Balaban J connectivity index is 1.02. The van der Waals surface area contributed by atoms with Crippen LogP contribution >= 0.6 is 0 Å². The minimum atomic E-state index is -2.65. The average molecular weight is 715 g/mol. The second-order valence-corrected chi connectivity index (χ2v) is 14.5. The molecule has 0 radical (unpaired) electrons. The third-order valence-corrected chi connectivity index (χ3v) is 11.4. The summed E-state index contributed by atoms with van der Waals surface area (Å²) in [7, 11) is 1.78. The summed E-state index contributed by atoms with van der Waals surface area (Å²) < 4.78 is 33.1. The van der Waals surface area contributed by atoms with Crippen molar-refractivity contribution in [1.82, 2.24) is 39.6 Å². The molecule has 8 rings (SSSR count). The van der Waals surface area contributed by atoms with Crippen molar-refractivity contribution >= 4 is 29.2 Å². The normalized spacial score (nSPS) is 21.0. The van der Waals surface area contributed by atoms with Crippen LogP contribution in [0.4, 0.5) is 26.1 Å². The van der Waals surface area contributed by atoms with Gasteiger partial charge in [-0.05, 0) is 73.9 Å². The number of carbonyl (C=O) groups is 2. The fourth-order valence-electron chi connectivity index (χ4n) is 8.67. The van der Waals surface area contributed by atoms with E-state index in [-0.39, 0.29) is 23.2 Å². The highest BCUT2D eigenvalue weighted by Crippen LogP contribution is 2.44. The number of nitrogens with zero attached hydrogens (tertiary/aromatic N) is 10. The lowest BCUT2D eigenvalue weighted by molar-refractivity contribution is -0.129. The van der Waals surface area contributed by atoms with Crippen LogP contribution in [0.1, 0.15) is 84.4 Å². The number of aromatic carboxylic acids is 1. The zero-order valence-electron chi connectivity index (χ0n) is 29.6. The molecular formula is C37H44F2N10O3. The standard InChI is InChI=1S/C37H44F2N10O3/c1-23(50)47-13-11-32-30(22-47)36(48-12-3-4-24-18-28(25-20-40-44(2)21-25)29(35(38)39)19-33(24)48)43-49(32)27-7-5-26(6-8-27)45-14-16-46(17-15-45)34-10-9-31(37(51)52)41-42-34/h9-10,18-21,26-27,35H,3-8,11-17,22H2,1-2H3,(H,51,52). The zero-order chi connectivity index (χ0) is 36.1. The summed E-state index contributed by atoms with van der Waals surface area (Å²) in [5.41, 5.74) is 5.10. The van der Waals surface area contributed by atoms with E-state index in [0.29, 0.717) is 49.0 Å². The minimum Gasteiger partial charge on any atom is -0.476 e. The number of halogens is 2. The molecule has 0 unspecified atom stereocenters. The van der Waals surface area contributed by atoms with E-state index in [9.17, 15) is 18.4 Å². The molecule has 3 aliphatic heterocycles. The summed E-state index contributed by atoms with van der Waals surface area (Å²) in [4.78, 5) is 32.5. The van der Waals surface area contributed by atoms with Crippen LogP contribution in [0.15, 0.2) is 36.7 Å². The second-order valence-electron chi connectivity index (χ2n) is 14.5. The van der Waals surface area contributed by atoms with Gasteiger partial charge >= 0.3 is 5.97 Å². The molecule has 4 aromatic rings. The van der Waals surface area contributed by atoms with Gasteiger partial charge in [-0.1, -0.05) is 0 Å². The van der Waals surface area contributed by atoms with Crippen molar-refractivity contribution in [2.24, 2.45) is 7.05 Å². The van der Waals surface area contributed by atoms with Gasteiger partial charge < -0.3 is 19.8 Å². The van der Waals surface area contributed by atoms with E-state index >= 15 is 0 Å². The van der Waals surface area contributed by atoms with Gasteiger partial charge in [0, 0.05) is 100.0 Å². The van der Waals surface area contributed by atoms with Crippen molar-refractivity contribution in [2.45, 2.75) is 76.9 Å². The van der Waals surface area contributed by atoms with Crippen LogP contribution in [0.25, 0.3) is 11.1 Å². The maximum Gasteiger partial charge on any atom is 0.356 e. The second kappa shape index (κ2) is 13.9. The van der Waals surface area contributed by atoms with Gasteiger partial charge in [-0.15, -0.1) is 10.2 Å². The van der Waals surface area contributed by atoms with Crippen LogP contribution < -0.4 is 9.80 Å². The first-order chi connectivity index (χ1) is 25.1. The zero-order valence-corrected chi connectivity index (χ0v) is 29.6. The Morgan fingerprint density at radius 1 is 0.942 bits per heavy atom. The molecule has 4 aliphatic rings. The van der Waals surface area contributed by atoms with Crippen LogP contribution in [-0.4, -0.2) is 102 Å². The number of carboxylic acids is 1. The van der Waals surface area contributed by atoms with Crippen LogP contribution in [0.2, 0.25) is 0 Å². The third-order valence-electron chi connectivity index (χ3n) is 11.4. The van der Waals surface area contributed by atoms with E-state index in [1.807, 2.05) is 11.0 Å². The Labute approximate surface area is 300 Å². The fourth-order valence-corrected chi connectivity index (χ4v) is 8.67. The molecular weight excluding hydrogens is 670 g/mol. The first-order valence-corrected chi connectivity index (χ1v) is 18.3. The molecule has 1 saturated carbocycles. The van der Waals surface area contributed by atoms with Crippen LogP contribution in [0.3, 0.4) is 0 Å². The summed E-state index contributed by atoms with van der Waals surface area (Å²) in [6, 6.07) is 7.48. The summed E-state index contributed by atoms with van der Waals surface area (Å²) in [6.07, 6.45) is 7.18. The highest BCUT2D eigenvalue weighted by atomic mass is 19.3. The molecule has 1 aliphatic carbocycles. The molecule has 1 amide bonds. The fraction of sp³-hybridized carbons (Fsp3) is 0.514. The summed E-state index contributed by atoms with van der Waals surface area (Å²) in [5, 5.41) is 26.7. The van der Waals surface area contributed by atoms with E-state index in [1.165, 1.54) is 6.07 Å². The molecule has 15 heteroatoms. The number of fused-ring (bicyclic) bond motifs is 2. The Hall–Kier alpha value is -4.92. The number of carboxylic acid groups (broad SMARTS) is 1. The van der Waals surface area contributed by atoms with Gasteiger partial charge in [-0.2, -0.15) is 10.2 Å². The number of aromatic nitrogens is 6. The van der Waals surface area contributed by atoms with Gasteiger partial charge in [0.2, 0.25) is 5.91 Å². The smallest absolute Gasteiger partial charge is 0.356 e. The van der Waals surface area contributed by atoms with Crippen molar-refractivity contribution in [3.63, 3.8) is 0 Å². The molecule has 6 heterocycles. The SMILES string of the molecule is CC(=O)N1CCc2c(c(N3CCCc4cc(-c5cnn(C)c5)c(C(F)F)cc43)nn2C2CCC(N3CCN(c4ccc(C(=O)O)nn4)CC3)CC2)C1. The number of alkyl halides is 2. The maximum atomic E-state index is 14.6. The molecule has 1 aromatic carbocycles. The first kappa shape index (κ1) is 34.2. The first-order valence-electron chi connectivity index (χ1n) is 18.3. The molecule has 52 heavy (non-hydrogen) atoms. The Kier molecular flexibility index (Phi) is 9.14. The molecule has 1 N–H and O–H groups in total. The third kappa shape index (κ3) is 6.39. The lowest BCUT2D eigenvalue weighted by Crippen LogP contribution is -2.51. The molecule has 13 nitrogen and oxygen atoms in total. The largest absolute Gasteiger partial charge is 0.476 e. The number of benzene rings is 1. The lowest BCUT2D eigenvalue weighted by Gasteiger charge is -2.42. The van der Waals surface area contributed by atoms with Crippen LogP contribution in [-0.2, 0) is 31.2 Å². The number of rotatable bonds is 7. The van der Waals surface area contributed by atoms with Gasteiger partial charge in [-0.25, -0.2) is 13.6 Å². The van der Waals surface area contributed by atoms with E-state index < -0.39 is 12.4 Å². The van der Waals surface area contributed by atoms with E-state index in [1.54, 1.807) is 43.2 Å². The number of anilines is 3. The Morgan fingerprint density at radius 2 is 1.71 bits per heavy atom. The quantitative estimate of drug-likeness (QED) is 0.279. The number of piperazine rings is 1. The van der Waals surface area contributed by atoms with Gasteiger partial charge in [-0.3, -0.25) is 19.1 Å². The molecule has 0 atom stereocenters. The summed E-state index contributed by atoms with van der Waals surface area (Å²) in [6.45, 7) is 6.77. The minimum absolute atomic E-state index is 0.0134. The molecule has 0 bridgehead atoms. The number of hydrogen-bond acceptors (Lipinski definition) is 9.